The number of aromatic carboxylic acids is 1. The lowest BCUT2D eigenvalue weighted by Gasteiger charge is -2.30. The Morgan fingerprint density at radius 1 is 1.32 bits per heavy atom. The van der Waals surface area contributed by atoms with Gasteiger partial charge < -0.3 is 19.5 Å². The van der Waals surface area contributed by atoms with Crippen molar-refractivity contribution in [3.8, 4) is 5.75 Å². The summed E-state index contributed by atoms with van der Waals surface area (Å²) < 4.78 is 12.2. The van der Waals surface area contributed by atoms with Crippen molar-refractivity contribution < 1.29 is 19.4 Å². The van der Waals surface area contributed by atoms with Gasteiger partial charge in [0.1, 0.15) is 10.6 Å². The Labute approximate surface area is 133 Å². The Morgan fingerprint density at radius 3 is 2.68 bits per heavy atom. The molecule has 2 heterocycles. The Morgan fingerprint density at radius 2 is 2.05 bits per heavy atom. The number of carboxylic acids is 1. The Kier molecular flexibility index (Phi) is 4.22. The fourth-order valence-electron chi connectivity index (χ4n) is 2.61. The molecule has 2 aromatic rings. The molecule has 0 radical (unpaired) electrons. The van der Waals surface area contributed by atoms with Crippen molar-refractivity contribution in [1.82, 2.24) is 0 Å². The van der Waals surface area contributed by atoms with Gasteiger partial charge in [-0.05, 0) is 26.0 Å². The molecule has 118 valence electrons. The van der Waals surface area contributed by atoms with Gasteiger partial charge in [-0.3, -0.25) is 0 Å². The maximum atomic E-state index is 11.3. The van der Waals surface area contributed by atoms with Crippen LogP contribution in [-0.2, 0) is 4.74 Å². The second-order valence-electron chi connectivity index (χ2n) is 5.54. The monoisotopic (exact) mass is 321 g/mol. The lowest BCUT2D eigenvalue weighted by Crippen LogP contribution is -2.36. The number of hydrogen-bond donors (Lipinski definition) is 1. The minimum Gasteiger partial charge on any atom is -0.491 e. The highest BCUT2D eigenvalue weighted by atomic mass is 32.1. The third-order valence-corrected chi connectivity index (χ3v) is 4.59. The fourth-order valence-corrected chi connectivity index (χ4v) is 3.56. The second-order valence-corrected chi connectivity index (χ2v) is 6.62. The fraction of sp³-hybridized carbons (Fsp3) is 0.438. The molecule has 0 bridgehead atoms. The molecule has 0 aliphatic carbocycles. The summed E-state index contributed by atoms with van der Waals surface area (Å²) in [6, 6.07) is 5.69. The first-order chi connectivity index (χ1) is 10.5. The Bertz CT molecular complexity index is 689. The predicted octanol–water partition coefficient (Wildman–Crippen LogP) is 3.22. The lowest BCUT2D eigenvalue weighted by molar-refractivity contribution is 0.0702. The van der Waals surface area contributed by atoms with Crippen LogP contribution < -0.4 is 9.64 Å². The third-order valence-electron chi connectivity index (χ3n) is 3.52. The molecule has 1 fully saturated rings. The normalized spacial score (nSPS) is 15.5. The molecule has 1 aromatic carbocycles. The molecule has 1 aliphatic heterocycles. The number of nitrogens with zero attached hydrogens (tertiary/aromatic N) is 1. The summed E-state index contributed by atoms with van der Waals surface area (Å²) in [6.07, 6.45) is 0.0777. The van der Waals surface area contributed by atoms with Crippen molar-refractivity contribution in [2.75, 3.05) is 31.2 Å². The van der Waals surface area contributed by atoms with Crippen molar-refractivity contribution in [1.29, 1.82) is 0 Å². The van der Waals surface area contributed by atoms with Crippen LogP contribution in [0.3, 0.4) is 0 Å². The quantitative estimate of drug-likeness (QED) is 0.937. The van der Waals surface area contributed by atoms with E-state index in [0.717, 1.165) is 34.6 Å². The molecule has 0 amide bonds. The maximum absolute atomic E-state index is 11.3. The number of thiophene rings is 1. The summed E-state index contributed by atoms with van der Waals surface area (Å²) in [5.74, 6) is -0.108. The molecule has 3 rings (SSSR count). The van der Waals surface area contributed by atoms with Gasteiger partial charge in [0.15, 0.2) is 0 Å². The topological polar surface area (TPSA) is 59.0 Å². The molecule has 1 aromatic heterocycles. The summed E-state index contributed by atoms with van der Waals surface area (Å²) in [5, 5.41) is 10.2. The minimum absolute atomic E-state index is 0.0777. The smallest absolute Gasteiger partial charge is 0.345 e. The number of fused-ring (bicyclic) bond motifs is 1. The van der Waals surface area contributed by atoms with E-state index in [4.69, 9.17) is 9.47 Å². The number of morpholine rings is 1. The molecule has 0 atom stereocenters. The summed E-state index contributed by atoms with van der Waals surface area (Å²) in [4.78, 5) is 13.9. The molecule has 1 aliphatic rings. The highest BCUT2D eigenvalue weighted by Crippen LogP contribution is 2.38. The van der Waals surface area contributed by atoms with Crippen LogP contribution in [0.5, 0.6) is 5.75 Å². The third kappa shape index (κ3) is 3.03. The van der Waals surface area contributed by atoms with E-state index in [1.165, 1.54) is 11.3 Å². The van der Waals surface area contributed by atoms with Gasteiger partial charge in [-0.15, -0.1) is 11.3 Å². The highest BCUT2D eigenvalue weighted by molar-refractivity contribution is 7.20. The molecule has 6 heteroatoms. The van der Waals surface area contributed by atoms with Crippen molar-refractivity contribution in [2.45, 2.75) is 20.0 Å². The average Bonchev–Trinajstić information content (AvgIpc) is 2.91. The number of hydrogen-bond acceptors (Lipinski definition) is 5. The molecule has 22 heavy (non-hydrogen) atoms. The molecular formula is C16H19NO4S. The number of carbonyl (C=O) groups is 1. The number of rotatable bonds is 4. The number of carboxylic acid groups (broad SMARTS) is 1. The second kappa shape index (κ2) is 6.14. The van der Waals surface area contributed by atoms with Crippen molar-refractivity contribution in [3.05, 3.63) is 23.1 Å². The average molecular weight is 321 g/mol. The maximum Gasteiger partial charge on any atom is 0.345 e. The SMILES string of the molecule is CC(C)Oc1cc(N2CCOCC2)c2cc(C(=O)O)sc2c1. The van der Waals surface area contributed by atoms with Crippen molar-refractivity contribution >= 4 is 33.1 Å². The first-order valence-electron chi connectivity index (χ1n) is 7.35. The summed E-state index contributed by atoms with van der Waals surface area (Å²) in [5.41, 5.74) is 1.03. The molecule has 1 saturated heterocycles. The summed E-state index contributed by atoms with van der Waals surface area (Å²) >= 11 is 1.29. The van der Waals surface area contributed by atoms with Crippen LogP contribution in [0, 0.1) is 0 Å². The zero-order chi connectivity index (χ0) is 15.7. The zero-order valence-electron chi connectivity index (χ0n) is 12.7. The van der Waals surface area contributed by atoms with Crippen molar-refractivity contribution in [2.24, 2.45) is 0 Å². The summed E-state index contributed by atoms with van der Waals surface area (Å²) in [7, 11) is 0. The van der Waals surface area contributed by atoms with Gasteiger partial charge in [-0.25, -0.2) is 4.79 Å². The van der Waals surface area contributed by atoms with E-state index in [2.05, 4.69) is 4.90 Å². The van der Waals surface area contributed by atoms with E-state index < -0.39 is 5.97 Å². The van der Waals surface area contributed by atoms with Gasteiger partial charge in [0, 0.05) is 34.9 Å². The van der Waals surface area contributed by atoms with Gasteiger partial charge in [-0.2, -0.15) is 0 Å². The number of ether oxygens (including phenoxy) is 2. The van der Waals surface area contributed by atoms with E-state index in [1.54, 1.807) is 6.07 Å². The first-order valence-corrected chi connectivity index (χ1v) is 8.16. The molecule has 0 spiro atoms. The highest BCUT2D eigenvalue weighted by Gasteiger charge is 2.19. The van der Waals surface area contributed by atoms with Gasteiger partial charge >= 0.3 is 5.97 Å². The molecule has 0 saturated carbocycles. The van der Waals surface area contributed by atoms with Crippen LogP contribution in [0.1, 0.15) is 23.5 Å². The molecule has 5 nitrogen and oxygen atoms in total. The zero-order valence-corrected chi connectivity index (χ0v) is 13.5. The van der Waals surface area contributed by atoms with Crippen LogP contribution in [-0.4, -0.2) is 43.5 Å². The molecule has 1 N–H and O–H groups in total. The summed E-state index contributed by atoms with van der Waals surface area (Å²) in [6.45, 7) is 6.95. The van der Waals surface area contributed by atoms with Gasteiger partial charge in [-0.1, -0.05) is 0 Å². The van der Waals surface area contributed by atoms with Crippen LogP contribution >= 0.6 is 11.3 Å². The van der Waals surface area contributed by atoms with E-state index in [1.807, 2.05) is 26.0 Å². The van der Waals surface area contributed by atoms with Gasteiger partial charge in [0.2, 0.25) is 0 Å². The van der Waals surface area contributed by atoms with Gasteiger partial charge in [0.25, 0.3) is 0 Å². The van der Waals surface area contributed by atoms with Crippen LogP contribution in [0.15, 0.2) is 18.2 Å². The molecular weight excluding hydrogens is 302 g/mol. The number of anilines is 1. The lowest BCUT2D eigenvalue weighted by atomic mass is 10.1. The van der Waals surface area contributed by atoms with Crippen LogP contribution in [0.4, 0.5) is 5.69 Å². The van der Waals surface area contributed by atoms with Crippen LogP contribution in [0.25, 0.3) is 10.1 Å². The Balaban J connectivity index is 2.10. The van der Waals surface area contributed by atoms with Gasteiger partial charge in [0.05, 0.1) is 19.3 Å². The standard InChI is InChI=1S/C16H19NO4S/c1-10(2)21-11-7-13(17-3-5-20-6-4-17)12-9-15(16(18)19)22-14(12)8-11/h7-10H,3-6H2,1-2H3,(H,18,19). The van der Waals surface area contributed by atoms with E-state index in [-0.39, 0.29) is 6.10 Å². The Hall–Kier alpha value is -1.79. The molecule has 0 unspecified atom stereocenters. The van der Waals surface area contributed by atoms with E-state index in [0.29, 0.717) is 18.1 Å². The first kappa shape index (κ1) is 15.1. The largest absolute Gasteiger partial charge is 0.491 e. The van der Waals surface area contributed by atoms with E-state index >= 15 is 0 Å². The van der Waals surface area contributed by atoms with Crippen LogP contribution in [0.2, 0.25) is 0 Å². The predicted molar refractivity (Wildman–Crippen MR) is 87.6 cm³/mol. The minimum atomic E-state index is -0.888. The van der Waals surface area contributed by atoms with E-state index in [9.17, 15) is 9.90 Å². The van der Waals surface area contributed by atoms with Crippen molar-refractivity contribution in [3.63, 3.8) is 0 Å². The number of benzene rings is 1.